The predicted molar refractivity (Wildman–Crippen MR) is 105 cm³/mol. The van der Waals surface area contributed by atoms with Gasteiger partial charge in [0.05, 0.1) is 11.2 Å². The van der Waals surface area contributed by atoms with Gasteiger partial charge in [-0.15, -0.1) is 0 Å². The van der Waals surface area contributed by atoms with E-state index in [1.165, 1.54) is 33.3 Å². The molecule has 1 aromatic heterocycles. The van der Waals surface area contributed by atoms with Crippen molar-refractivity contribution in [3.8, 4) is 0 Å². The van der Waals surface area contributed by atoms with Crippen LogP contribution in [0.2, 0.25) is 0 Å². The third-order valence-electron chi connectivity index (χ3n) is 5.39. The lowest BCUT2D eigenvalue weighted by Crippen LogP contribution is -2.49. The van der Waals surface area contributed by atoms with Gasteiger partial charge in [0.1, 0.15) is 11.5 Å². The first-order valence-electron chi connectivity index (χ1n) is 9.02. The fraction of sp³-hybridized carbons (Fsp3) is 0.389. The Hall–Kier alpha value is -2.24. The van der Waals surface area contributed by atoms with E-state index in [-0.39, 0.29) is 22.4 Å². The molecule has 29 heavy (non-hydrogen) atoms. The Labute approximate surface area is 168 Å². The van der Waals surface area contributed by atoms with Crippen LogP contribution in [-0.2, 0) is 26.6 Å². The summed E-state index contributed by atoms with van der Waals surface area (Å²) in [6.45, 7) is 0.940. The van der Waals surface area contributed by atoms with Gasteiger partial charge >= 0.3 is 0 Å². The average Bonchev–Trinajstić information content (AvgIpc) is 2.63. The highest BCUT2D eigenvalue weighted by Gasteiger charge is 2.38. The number of piperidine rings is 1. The first-order chi connectivity index (χ1) is 13.5. The molecule has 156 valence electrons. The van der Waals surface area contributed by atoms with E-state index >= 15 is 0 Å². The molecule has 8 nitrogen and oxygen atoms in total. The van der Waals surface area contributed by atoms with Crippen molar-refractivity contribution in [3.63, 3.8) is 0 Å². The van der Waals surface area contributed by atoms with Gasteiger partial charge in [-0.25, -0.2) is 25.5 Å². The van der Waals surface area contributed by atoms with Gasteiger partial charge < -0.3 is 4.57 Å². The number of nitrogens with one attached hydrogen (secondary N) is 1. The van der Waals surface area contributed by atoms with E-state index in [1.807, 2.05) is 0 Å². The molecule has 0 aliphatic carbocycles. The molecule has 2 aliphatic heterocycles. The first-order valence-corrected chi connectivity index (χ1v) is 12.3. The Balaban J connectivity index is 1.67. The fourth-order valence-corrected chi connectivity index (χ4v) is 6.11. The van der Waals surface area contributed by atoms with E-state index in [0.717, 1.165) is 18.6 Å². The molecule has 4 rings (SSSR count). The van der Waals surface area contributed by atoms with Crippen LogP contribution in [0.1, 0.15) is 18.0 Å². The highest BCUT2D eigenvalue weighted by atomic mass is 32.2. The van der Waals surface area contributed by atoms with Crippen molar-refractivity contribution in [3.05, 3.63) is 58.3 Å². The Morgan fingerprint density at radius 2 is 1.83 bits per heavy atom. The maximum absolute atomic E-state index is 13.4. The minimum absolute atomic E-state index is 0.0243. The number of nitrogens with zero attached hydrogens (tertiary/aromatic N) is 2. The van der Waals surface area contributed by atoms with Crippen LogP contribution in [0.4, 0.5) is 10.1 Å². The summed E-state index contributed by atoms with van der Waals surface area (Å²) in [5.74, 6) is -0.846. The molecule has 0 saturated carbocycles. The number of pyridine rings is 1. The molecule has 11 heteroatoms. The average molecular weight is 442 g/mol. The summed E-state index contributed by atoms with van der Waals surface area (Å²) in [5.41, 5.74) is 0.0660. The third-order valence-corrected chi connectivity index (χ3v) is 7.99. The van der Waals surface area contributed by atoms with Crippen molar-refractivity contribution < 1.29 is 21.2 Å². The van der Waals surface area contributed by atoms with Crippen LogP contribution < -0.4 is 10.3 Å². The minimum Gasteiger partial charge on any atom is -0.310 e. The standard InChI is InChI=1S/C18H20FN3O5S2/c1-28(24,25)21-9-12-7-13(11-21)17-6-5-16(18(23)22(17)10-12)20-29(26,27)15-4-2-3-14(19)8-15/h2-6,8,12-13,20H,7,9-11H2,1H3/t12-,13+/m0/s1. The molecule has 2 aliphatic rings. The van der Waals surface area contributed by atoms with Crippen molar-refractivity contribution in [1.82, 2.24) is 8.87 Å². The van der Waals surface area contributed by atoms with Crippen LogP contribution in [-0.4, -0.2) is 45.1 Å². The van der Waals surface area contributed by atoms with Crippen LogP contribution >= 0.6 is 0 Å². The second-order valence-corrected chi connectivity index (χ2v) is 11.2. The Kier molecular flexibility index (Phi) is 4.79. The largest absolute Gasteiger partial charge is 0.310 e. The van der Waals surface area contributed by atoms with Crippen LogP contribution in [0.15, 0.2) is 46.1 Å². The lowest BCUT2D eigenvalue weighted by atomic mass is 9.84. The van der Waals surface area contributed by atoms with E-state index < -0.39 is 31.4 Å². The van der Waals surface area contributed by atoms with Gasteiger partial charge in [0.2, 0.25) is 10.0 Å². The molecule has 0 radical (unpaired) electrons. The van der Waals surface area contributed by atoms with Crippen molar-refractivity contribution in [1.29, 1.82) is 0 Å². The lowest BCUT2D eigenvalue weighted by Gasteiger charge is -2.41. The molecule has 0 spiro atoms. The van der Waals surface area contributed by atoms with Gasteiger partial charge in [-0.05, 0) is 42.7 Å². The smallest absolute Gasteiger partial charge is 0.275 e. The molecule has 0 amide bonds. The highest BCUT2D eigenvalue weighted by molar-refractivity contribution is 7.92. The Morgan fingerprint density at radius 1 is 1.07 bits per heavy atom. The Morgan fingerprint density at radius 3 is 2.52 bits per heavy atom. The monoisotopic (exact) mass is 441 g/mol. The summed E-state index contributed by atoms with van der Waals surface area (Å²) in [5, 5.41) is 0. The number of halogens is 1. The van der Waals surface area contributed by atoms with E-state index in [9.17, 15) is 26.0 Å². The lowest BCUT2D eigenvalue weighted by molar-refractivity contribution is 0.187. The number of rotatable bonds is 4. The maximum Gasteiger partial charge on any atom is 0.275 e. The number of hydrogen-bond acceptors (Lipinski definition) is 5. The van der Waals surface area contributed by atoms with Crippen LogP contribution in [0, 0.1) is 11.7 Å². The van der Waals surface area contributed by atoms with Crippen molar-refractivity contribution >= 4 is 25.7 Å². The van der Waals surface area contributed by atoms with Gasteiger partial charge in [0.25, 0.3) is 15.6 Å². The maximum atomic E-state index is 13.4. The number of benzene rings is 1. The molecule has 2 aromatic rings. The highest BCUT2D eigenvalue weighted by Crippen LogP contribution is 2.36. The number of aromatic nitrogens is 1. The molecular weight excluding hydrogens is 421 g/mol. The first kappa shape index (κ1) is 20.0. The van der Waals surface area contributed by atoms with Crippen LogP contribution in [0.25, 0.3) is 0 Å². The molecule has 1 aromatic carbocycles. The molecule has 3 heterocycles. The SMILES string of the molecule is CS(=O)(=O)N1C[C@@H]2C[C@H](C1)c1ccc(NS(=O)(=O)c3cccc(F)c3)c(=O)n1C2. The van der Waals surface area contributed by atoms with E-state index in [0.29, 0.717) is 25.3 Å². The van der Waals surface area contributed by atoms with Gasteiger partial charge in [-0.2, -0.15) is 0 Å². The van der Waals surface area contributed by atoms with E-state index in [4.69, 9.17) is 0 Å². The zero-order chi connectivity index (χ0) is 21.0. The summed E-state index contributed by atoms with van der Waals surface area (Å²) in [4.78, 5) is 12.7. The van der Waals surface area contributed by atoms with Crippen molar-refractivity contribution in [2.45, 2.75) is 23.8 Å². The summed E-state index contributed by atoms with van der Waals surface area (Å²) >= 11 is 0. The van der Waals surface area contributed by atoms with Gasteiger partial charge in [0.15, 0.2) is 0 Å². The normalized spacial score (nSPS) is 22.1. The van der Waals surface area contributed by atoms with Crippen LogP contribution in [0.5, 0.6) is 0 Å². The van der Waals surface area contributed by atoms with Gasteiger partial charge in [-0.3, -0.25) is 9.52 Å². The molecule has 0 unspecified atom stereocenters. The molecule has 1 N–H and O–H groups in total. The van der Waals surface area contributed by atoms with Gasteiger partial charge in [0, 0.05) is 31.2 Å². The third kappa shape index (κ3) is 3.81. The topological polar surface area (TPSA) is 106 Å². The number of hydrogen-bond donors (Lipinski definition) is 1. The number of anilines is 1. The van der Waals surface area contributed by atoms with E-state index in [1.54, 1.807) is 6.07 Å². The quantitative estimate of drug-likeness (QED) is 0.767. The van der Waals surface area contributed by atoms with Crippen molar-refractivity contribution in [2.75, 3.05) is 24.1 Å². The summed E-state index contributed by atoms with van der Waals surface area (Å²) < 4.78 is 67.5. The fourth-order valence-electron chi connectivity index (χ4n) is 4.09. The molecule has 2 atom stereocenters. The van der Waals surface area contributed by atoms with Crippen LogP contribution in [0.3, 0.4) is 0 Å². The minimum atomic E-state index is -4.12. The molecular formula is C18H20FN3O5S2. The number of sulfonamides is 2. The van der Waals surface area contributed by atoms with E-state index in [2.05, 4.69) is 4.72 Å². The summed E-state index contributed by atoms with van der Waals surface area (Å²) in [7, 11) is -7.45. The van der Waals surface area contributed by atoms with Crippen molar-refractivity contribution in [2.24, 2.45) is 5.92 Å². The molecule has 1 saturated heterocycles. The predicted octanol–water partition coefficient (Wildman–Crippen LogP) is 1.17. The zero-order valence-electron chi connectivity index (χ0n) is 15.6. The summed E-state index contributed by atoms with van der Waals surface area (Å²) in [6.07, 6.45) is 1.95. The second-order valence-electron chi connectivity index (χ2n) is 7.53. The second kappa shape index (κ2) is 6.92. The Bertz CT molecular complexity index is 1240. The van der Waals surface area contributed by atoms with Gasteiger partial charge in [-0.1, -0.05) is 6.07 Å². The molecule has 1 fully saturated rings. The molecule has 2 bridgehead atoms. The summed E-state index contributed by atoms with van der Waals surface area (Å²) in [6, 6.07) is 7.56. The zero-order valence-corrected chi connectivity index (χ0v) is 17.2. The number of fused-ring (bicyclic) bond motifs is 4.